The Labute approximate surface area is 394 Å². The van der Waals surface area contributed by atoms with Gasteiger partial charge in [-0.25, -0.2) is 9.97 Å². The highest BCUT2D eigenvalue weighted by molar-refractivity contribution is 7.13. The van der Waals surface area contributed by atoms with Crippen LogP contribution in [0.4, 0.5) is 5.69 Å². The molecule has 17 nitrogen and oxygen atoms in total. The van der Waals surface area contributed by atoms with Gasteiger partial charge in [0, 0.05) is 48.9 Å². The molecule has 2 fully saturated rings. The van der Waals surface area contributed by atoms with E-state index in [4.69, 9.17) is 14.5 Å². The van der Waals surface area contributed by atoms with Crippen molar-refractivity contribution in [3.63, 3.8) is 0 Å². The van der Waals surface area contributed by atoms with Gasteiger partial charge in [0.25, 0.3) is 11.8 Å². The topological polar surface area (TPSA) is 220 Å². The molecule has 2 aliphatic heterocycles. The van der Waals surface area contributed by atoms with Crippen molar-refractivity contribution < 1.29 is 38.6 Å². The molecule has 6 N–H and O–H groups in total. The highest BCUT2D eigenvalue weighted by Crippen LogP contribution is 2.29. The molecule has 67 heavy (non-hydrogen) atoms. The van der Waals surface area contributed by atoms with E-state index in [1.54, 1.807) is 41.1 Å². The van der Waals surface area contributed by atoms with Crippen LogP contribution in [0, 0.1) is 12.3 Å². The number of β-amino-alcohol motifs (C(OH)–C–C–N with tert-alkyl or cyclic N) is 1. The molecule has 3 aromatic carbocycles. The Morgan fingerprint density at radius 2 is 1.67 bits per heavy atom. The predicted molar refractivity (Wildman–Crippen MR) is 255 cm³/mol. The van der Waals surface area contributed by atoms with Crippen LogP contribution in [-0.4, -0.2) is 130 Å². The molecule has 7 rings (SSSR count). The van der Waals surface area contributed by atoms with E-state index in [0.29, 0.717) is 22.9 Å². The van der Waals surface area contributed by atoms with Gasteiger partial charge in [0.1, 0.15) is 24.5 Å². The number of nitrogens with one attached hydrogen (secondary N) is 5. The lowest BCUT2D eigenvalue weighted by Gasteiger charge is -2.35. The number of thiazole rings is 1. The summed E-state index contributed by atoms with van der Waals surface area (Å²) in [7, 11) is 0. The van der Waals surface area contributed by atoms with E-state index in [1.165, 1.54) is 17.7 Å². The number of aryl methyl sites for hydroxylation is 1. The number of anilines is 1. The molecule has 2 aromatic heterocycles. The third kappa shape index (κ3) is 12.9. The third-order valence-corrected chi connectivity index (χ3v) is 13.1. The fraction of sp³-hybridized carbons (Fsp3) is 0.449. The number of hydrogen-bond acceptors (Lipinski definition) is 12. The quantitative estimate of drug-likeness (QED) is 0.0618. The minimum absolute atomic E-state index is 0.0350. The zero-order chi connectivity index (χ0) is 47.7. The van der Waals surface area contributed by atoms with E-state index in [2.05, 4.69) is 43.1 Å². The number of imidazole rings is 1. The first-order valence-corrected chi connectivity index (χ1v) is 23.6. The molecule has 356 valence electrons. The van der Waals surface area contributed by atoms with Gasteiger partial charge in [0.05, 0.1) is 59.6 Å². The van der Waals surface area contributed by atoms with Crippen LogP contribution in [0.1, 0.15) is 84.8 Å². The van der Waals surface area contributed by atoms with Crippen LogP contribution in [0.25, 0.3) is 21.5 Å². The third-order valence-electron chi connectivity index (χ3n) is 12.1. The summed E-state index contributed by atoms with van der Waals surface area (Å²) in [6.45, 7) is 12.0. The van der Waals surface area contributed by atoms with Crippen molar-refractivity contribution in [3.05, 3.63) is 100 Å². The van der Waals surface area contributed by atoms with Crippen LogP contribution in [-0.2, 0) is 36.9 Å². The smallest absolute Gasteiger partial charge is 0.255 e. The van der Waals surface area contributed by atoms with Gasteiger partial charge in [0.15, 0.2) is 0 Å². The summed E-state index contributed by atoms with van der Waals surface area (Å²) >= 11 is 1.56. The summed E-state index contributed by atoms with van der Waals surface area (Å²) in [4.78, 5) is 83.4. The number of amides is 5. The first kappa shape index (κ1) is 48.9. The molecule has 2 saturated heterocycles. The first-order chi connectivity index (χ1) is 32.1. The van der Waals surface area contributed by atoms with E-state index in [1.807, 2.05) is 70.2 Å². The monoisotopic (exact) mass is 935 g/mol. The maximum absolute atomic E-state index is 13.9. The molecule has 4 atom stereocenters. The number of carbonyl (C=O) groups excluding carboxylic acids is 5. The zero-order valence-electron chi connectivity index (χ0n) is 38.7. The Balaban J connectivity index is 0.783. The maximum Gasteiger partial charge on any atom is 0.255 e. The number of benzene rings is 3. The Bertz CT molecular complexity index is 2520. The summed E-state index contributed by atoms with van der Waals surface area (Å²) in [5.74, 6) is -1.11. The Morgan fingerprint density at radius 3 is 2.36 bits per heavy atom. The number of carbonyl (C=O) groups is 5. The number of aromatic nitrogens is 3. The SMILES string of the molecule is Cc1ncsc1-c1ccc(CNC(=O)[C@@H]2C[C@@H](O)CN2C(=O)[C@@H](NC(=O)COCCOCCNC(=O)c2ccc(C(=O)Nc3ccc4[nH]c(CN5CCC[C@@H]5C)nc4c3)cc2)C(C)(C)C)cc1. The molecular formula is C49H61N9O8S. The van der Waals surface area contributed by atoms with E-state index in [-0.39, 0.29) is 70.2 Å². The van der Waals surface area contributed by atoms with Gasteiger partial charge >= 0.3 is 0 Å². The van der Waals surface area contributed by atoms with Crippen LogP contribution in [0.2, 0.25) is 0 Å². The fourth-order valence-corrected chi connectivity index (χ4v) is 9.13. The molecule has 0 spiro atoms. The van der Waals surface area contributed by atoms with Crippen molar-refractivity contribution in [2.75, 3.05) is 51.4 Å². The molecule has 4 heterocycles. The van der Waals surface area contributed by atoms with Crippen LogP contribution in [0.5, 0.6) is 0 Å². The standard InChI is InChI=1S/C49H61N9O8S/c1-30-7-6-19-57(30)27-41-54-38-17-16-36(23-39(38)55-41)53-46(62)35-14-12-34(13-15-35)45(61)50-18-20-65-21-22-66-28-42(60)56-44(49(3,4)5)48(64)58-26-37(59)24-40(58)47(63)51-25-32-8-10-33(11-9-32)43-31(2)52-29-67-43/h8-17,23,29-30,37,40,44,59H,6-7,18-22,24-28H2,1-5H3,(H,50,61)(H,51,63)(H,53,62)(H,54,55)(H,56,60)/t30-,37+,40-,44+/m0/s1. The van der Waals surface area contributed by atoms with Gasteiger partial charge < -0.3 is 45.7 Å². The van der Waals surface area contributed by atoms with Crippen LogP contribution >= 0.6 is 11.3 Å². The van der Waals surface area contributed by atoms with Gasteiger partial charge in [-0.2, -0.15) is 0 Å². The van der Waals surface area contributed by atoms with Gasteiger partial charge in [0.2, 0.25) is 17.7 Å². The number of H-pyrrole nitrogens is 1. The number of aromatic amines is 1. The second-order valence-corrected chi connectivity index (χ2v) is 19.1. The number of rotatable bonds is 19. The van der Waals surface area contributed by atoms with Crippen molar-refractivity contribution in [1.82, 2.24) is 40.7 Å². The average molecular weight is 936 g/mol. The van der Waals surface area contributed by atoms with E-state index >= 15 is 0 Å². The zero-order valence-corrected chi connectivity index (χ0v) is 39.5. The number of aliphatic hydroxyl groups excluding tert-OH is 1. The number of aliphatic hydroxyl groups is 1. The molecule has 0 bridgehead atoms. The van der Waals surface area contributed by atoms with Crippen molar-refractivity contribution in [3.8, 4) is 10.4 Å². The van der Waals surface area contributed by atoms with Gasteiger partial charge in [-0.15, -0.1) is 11.3 Å². The second kappa shape index (κ2) is 22.2. The number of fused-ring (bicyclic) bond motifs is 1. The normalized spacial score (nSPS) is 17.9. The molecule has 0 radical (unpaired) electrons. The van der Waals surface area contributed by atoms with Gasteiger partial charge in [-0.05, 0) is 92.2 Å². The van der Waals surface area contributed by atoms with E-state index in [0.717, 1.165) is 51.6 Å². The highest BCUT2D eigenvalue weighted by atomic mass is 32.1. The molecule has 0 saturated carbocycles. The van der Waals surface area contributed by atoms with Crippen LogP contribution in [0.3, 0.4) is 0 Å². The second-order valence-electron chi connectivity index (χ2n) is 18.3. The number of nitrogens with zero attached hydrogens (tertiary/aromatic N) is 4. The molecular weight excluding hydrogens is 875 g/mol. The van der Waals surface area contributed by atoms with E-state index < -0.39 is 35.4 Å². The van der Waals surface area contributed by atoms with Crippen molar-refractivity contribution in [1.29, 1.82) is 0 Å². The van der Waals surface area contributed by atoms with Crippen LogP contribution in [0.15, 0.2) is 72.2 Å². The lowest BCUT2D eigenvalue weighted by Crippen LogP contribution is -2.58. The number of hydrogen-bond donors (Lipinski definition) is 6. The first-order valence-electron chi connectivity index (χ1n) is 22.8. The van der Waals surface area contributed by atoms with Crippen LogP contribution < -0.4 is 21.3 Å². The van der Waals surface area contributed by atoms with E-state index in [9.17, 15) is 29.1 Å². The molecule has 0 aliphatic carbocycles. The lowest BCUT2D eigenvalue weighted by atomic mass is 9.85. The van der Waals surface area contributed by atoms with Crippen molar-refractivity contribution in [2.45, 2.75) is 91.2 Å². The number of likely N-dealkylation sites (tertiary alicyclic amines) is 2. The molecule has 0 unspecified atom stereocenters. The Kier molecular flexibility index (Phi) is 16.2. The Morgan fingerprint density at radius 1 is 0.940 bits per heavy atom. The van der Waals surface area contributed by atoms with Gasteiger partial charge in [-0.3, -0.25) is 28.9 Å². The maximum atomic E-state index is 13.9. The summed E-state index contributed by atoms with van der Waals surface area (Å²) in [5, 5.41) is 21.9. The molecule has 5 amide bonds. The summed E-state index contributed by atoms with van der Waals surface area (Å²) in [5.41, 5.74) is 7.06. The van der Waals surface area contributed by atoms with Crippen molar-refractivity contribution >= 4 is 57.6 Å². The summed E-state index contributed by atoms with van der Waals surface area (Å²) in [6, 6.07) is 18.4. The highest BCUT2D eigenvalue weighted by Gasteiger charge is 2.44. The fourth-order valence-electron chi connectivity index (χ4n) is 8.31. The largest absolute Gasteiger partial charge is 0.391 e. The summed E-state index contributed by atoms with van der Waals surface area (Å²) in [6.07, 6.45) is 1.59. The molecule has 18 heteroatoms. The average Bonchev–Trinajstić information content (AvgIpc) is 4.12. The lowest BCUT2D eigenvalue weighted by molar-refractivity contribution is -0.144. The summed E-state index contributed by atoms with van der Waals surface area (Å²) < 4.78 is 11.1. The van der Waals surface area contributed by atoms with Gasteiger partial charge in [-0.1, -0.05) is 45.0 Å². The van der Waals surface area contributed by atoms with Crippen molar-refractivity contribution in [2.24, 2.45) is 5.41 Å². The minimum atomic E-state index is -0.994. The number of ether oxygens (including phenoxy) is 2. The molecule has 5 aromatic rings. The molecule has 2 aliphatic rings. The minimum Gasteiger partial charge on any atom is -0.391 e. The Hall–Kier alpha value is -6.05. The predicted octanol–water partition coefficient (Wildman–Crippen LogP) is 4.80.